The van der Waals surface area contributed by atoms with Crippen LogP contribution < -0.4 is 10.6 Å². The molecule has 0 aliphatic heterocycles. The number of rotatable bonds is 10. The summed E-state index contributed by atoms with van der Waals surface area (Å²) in [7, 11) is 0. The van der Waals surface area contributed by atoms with E-state index in [-0.39, 0.29) is 0 Å². The van der Waals surface area contributed by atoms with Crippen LogP contribution in [0.5, 0.6) is 0 Å². The van der Waals surface area contributed by atoms with E-state index in [9.17, 15) is 0 Å². The largest absolute Gasteiger partial charge is 0.469 e. The first kappa shape index (κ1) is 17.0. The second-order valence-corrected chi connectivity index (χ2v) is 5.60. The molecule has 0 aromatic carbocycles. The van der Waals surface area contributed by atoms with Crippen molar-refractivity contribution >= 4 is 17.7 Å². The number of hydrogen-bond donors (Lipinski definition) is 2. The van der Waals surface area contributed by atoms with Crippen molar-refractivity contribution in [2.45, 2.75) is 32.6 Å². The lowest BCUT2D eigenvalue weighted by Gasteiger charge is -2.11. The fourth-order valence-corrected chi connectivity index (χ4v) is 2.06. The number of aliphatic imine (C=N–C) groups is 1. The zero-order chi connectivity index (χ0) is 14.5. The Morgan fingerprint density at radius 1 is 1.30 bits per heavy atom. The van der Waals surface area contributed by atoms with Gasteiger partial charge in [0.2, 0.25) is 0 Å². The predicted molar refractivity (Wildman–Crippen MR) is 88.6 cm³/mol. The molecule has 1 heterocycles. The van der Waals surface area contributed by atoms with E-state index in [4.69, 9.17) is 4.42 Å². The van der Waals surface area contributed by atoms with Crippen LogP contribution in [0, 0.1) is 0 Å². The summed E-state index contributed by atoms with van der Waals surface area (Å²) in [6, 6.07) is 3.92. The molecule has 114 valence electrons. The molecule has 1 aromatic rings. The third kappa shape index (κ3) is 8.15. The van der Waals surface area contributed by atoms with E-state index in [1.807, 2.05) is 23.9 Å². The first-order valence-electron chi connectivity index (χ1n) is 7.40. The second kappa shape index (κ2) is 11.7. The average Bonchev–Trinajstić information content (AvgIpc) is 2.96. The van der Waals surface area contributed by atoms with E-state index in [1.165, 1.54) is 12.8 Å². The summed E-state index contributed by atoms with van der Waals surface area (Å²) >= 11 is 1.84. The fraction of sp³-hybridized carbons (Fsp3) is 0.667. The first-order chi connectivity index (χ1) is 9.86. The van der Waals surface area contributed by atoms with Crippen LogP contribution in [-0.2, 0) is 6.42 Å². The minimum atomic E-state index is 0.840. The molecule has 0 atom stereocenters. The van der Waals surface area contributed by atoms with Crippen molar-refractivity contribution in [1.82, 2.24) is 10.6 Å². The molecule has 0 amide bonds. The van der Waals surface area contributed by atoms with Gasteiger partial charge in [-0.3, -0.25) is 4.99 Å². The predicted octanol–water partition coefficient (Wildman–Crippen LogP) is 2.91. The number of thioether (sulfide) groups is 1. The van der Waals surface area contributed by atoms with Gasteiger partial charge >= 0.3 is 0 Å². The molecule has 0 saturated heterocycles. The fourth-order valence-electron chi connectivity index (χ4n) is 1.76. The molecule has 5 heteroatoms. The number of nitrogens with one attached hydrogen (secondary N) is 2. The van der Waals surface area contributed by atoms with Gasteiger partial charge in [0, 0.05) is 31.8 Å². The Hall–Kier alpha value is -1.10. The molecule has 4 nitrogen and oxygen atoms in total. The van der Waals surface area contributed by atoms with Gasteiger partial charge < -0.3 is 15.1 Å². The van der Waals surface area contributed by atoms with E-state index in [1.54, 1.807) is 6.26 Å². The van der Waals surface area contributed by atoms with Gasteiger partial charge in [0.15, 0.2) is 5.96 Å². The Morgan fingerprint density at radius 3 is 2.85 bits per heavy atom. The maximum atomic E-state index is 5.32. The van der Waals surface area contributed by atoms with Crippen molar-refractivity contribution in [2.75, 3.05) is 31.6 Å². The number of nitrogens with zero attached hydrogens (tertiary/aromatic N) is 1. The van der Waals surface area contributed by atoms with Gasteiger partial charge in [-0.1, -0.05) is 19.8 Å². The molecule has 0 spiro atoms. The van der Waals surface area contributed by atoms with Gasteiger partial charge in [-0.25, -0.2) is 0 Å². The maximum Gasteiger partial charge on any atom is 0.191 e. The molecule has 0 unspecified atom stereocenters. The zero-order valence-corrected chi connectivity index (χ0v) is 13.5. The van der Waals surface area contributed by atoms with Crippen LogP contribution in [0.2, 0.25) is 0 Å². The van der Waals surface area contributed by atoms with Crippen LogP contribution in [0.15, 0.2) is 27.8 Å². The molecule has 20 heavy (non-hydrogen) atoms. The number of guanidine groups is 1. The summed E-state index contributed by atoms with van der Waals surface area (Å²) in [4.78, 5) is 4.61. The van der Waals surface area contributed by atoms with Gasteiger partial charge in [0.05, 0.1) is 6.26 Å². The number of furan rings is 1. The summed E-state index contributed by atoms with van der Waals surface area (Å²) in [5.41, 5.74) is 0. The molecule has 1 rings (SSSR count). The van der Waals surface area contributed by atoms with E-state index in [0.29, 0.717) is 0 Å². The summed E-state index contributed by atoms with van der Waals surface area (Å²) in [5, 5.41) is 6.73. The highest BCUT2D eigenvalue weighted by Crippen LogP contribution is 1.99. The van der Waals surface area contributed by atoms with Crippen LogP contribution in [0.4, 0.5) is 0 Å². The Labute approximate surface area is 126 Å². The standard InChI is InChI=1S/C15H27N3OS/c1-3-4-5-9-16-15(18-11-13-20-2)17-10-8-14-7-6-12-19-14/h6-7,12H,3-5,8-11,13H2,1-2H3,(H2,16,17,18). The van der Waals surface area contributed by atoms with Crippen molar-refractivity contribution in [3.8, 4) is 0 Å². The quantitative estimate of drug-likeness (QED) is 0.396. The highest BCUT2D eigenvalue weighted by molar-refractivity contribution is 7.98. The Balaban J connectivity index is 2.28. The van der Waals surface area contributed by atoms with Crippen LogP contribution >= 0.6 is 11.8 Å². The summed E-state index contributed by atoms with van der Waals surface area (Å²) in [6.07, 6.45) is 8.34. The summed E-state index contributed by atoms with van der Waals surface area (Å²) in [6.45, 7) is 4.89. The van der Waals surface area contributed by atoms with Crippen molar-refractivity contribution < 1.29 is 4.42 Å². The van der Waals surface area contributed by atoms with E-state index in [0.717, 1.165) is 49.9 Å². The molecule has 0 bridgehead atoms. The molecule has 0 fully saturated rings. The molecular weight excluding hydrogens is 270 g/mol. The van der Waals surface area contributed by atoms with Crippen LogP contribution in [0.1, 0.15) is 31.9 Å². The minimum Gasteiger partial charge on any atom is -0.469 e. The third-order valence-electron chi connectivity index (χ3n) is 2.87. The Kier molecular flexibility index (Phi) is 9.92. The molecule has 0 radical (unpaired) electrons. The molecule has 2 N–H and O–H groups in total. The topological polar surface area (TPSA) is 49.6 Å². The van der Waals surface area contributed by atoms with Gasteiger partial charge in [-0.05, 0) is 24.8 Å². The van der Waals surface area contributed by atoms with Crippen LogP contribution in [-0.4, -0.2) is 37.6 Å². The molecule has 0 aliphatic rings. The van der Waals surface area contributed by atoms with Crippen LogP contribution in [0.3, 0.4) is 0 Å². The molecule has 0 saturated carbocycles. The Morgan fingerprint density at radius 2 is 2.15 bits per heavy atom. The van der Waals surface area contributed by atoms with Gasteiger partial charge in [0.1, 0.15) is 5.76 Å². The number of unbranched alkanes of at least 4 members (excludes halogenated alkanes) is 2. The normalized spacial score (nSPS) is 11.6. The molecule has 0 aliphatic carbocycles. The SMILES string of the molecule is CCCCCN=C(NCCSC)NCCc1ccco1. The Bertz CT molecular complexity index is 352. The van der Waals surface area contributed by atoms with E-state index >= 15 is 0 Å². The maximum absolute atomic E-state index is 5.32. The van der Waals surface area contributed by atoms with Gasteiger partial charge in [-0.2, -0.15) is 11.8 Å². The van der Waals surface area contributed by atoms with E-state index in [2.05, 4.69) is 28.8 Å². The third-order valence-corrected chi connectivity index (χ3v) is 3.49. The summed E-state index contributed by atoms with van der Waals surface area (Å²) in [5.74, 6) is 3.02. The highest BCUT2D eigenvalue weighted by atomic mass is 32.2. The van der Waals surface area contributed by atoms with Gasteiger partial charge in [-0.15, -0.1) is 0 Å². The monoisotopic (exact) mass is 297 g/mol. The van der Waals surface area contributed by atoms with Crippen LogP contribution in [0.25, 0.3) is 0 Å². The van der Waals surface area contributed by atoms with Crippen molar-refractivity contribution in [3.63, 3.8) is 0 Å². The lowest BCUT2D eigenvalue weighted by atomic mass is 10.2. The summed E-state index contributed by atoms with van der Waals surface area (Å²) < 4.78 is 5.32. The average molecular weight is 297 g/mol. The van der Waals surface area contributed by atoms with Crippen molar-refractivity contribution in [3.05, 3.63) is 24.2 Å². The zero-order valence-electron chi connectivity index (χ0n) is 12.7. The van der Waals surface area contributed by atoms with Crippen molar-refractivity contribution in [2.24, 2.45) is 4.99 Å². The molecular formula is C15H27N3OS. The highest BCUT2D eigenvalue weighted by Gasteiger charge is 1.99. The van der Waals surface area contributed by atoms with Crippen molar-refractivity contribution in [1.29, 1.82) is 0 Å². The lowest BCUT2D eigenvalue weighted by molar-refractivity contribution is 0.507. The minimum absolute atomic E-state index is 0.840. The van der Waals surface area contributed by atoms with E-state index < -0.39 is 0 Å². The first-order valence-corrected chi connectivity index (χ1v) is 8.79. The lowest BCUT2D eigenvalue weighted by Crippen LogP contribution is -2.39. The smallest absolute Gasteiger partial charge is 0.191 e. The molecule has 1 aromatic heterocycles. The number of hydrogen-bond acceptors (Lipinski definition) is 3. The second-order valence-electron chi connectivity index (χ2n) is 4.61. The van der Waals surface area contributed by atoms with Gasteiger partial charge in [0.25, 0.3) is 0 Å².